The first-order chi connectivity index (χ1) is 19.1. The van der Waals surface area contributed by atoms with Crippen molar-refractivity contribution in [2.24, 2.45) is 0 Å². The second kappa shape index (κ2) is 12.3. The Morgan fingerprint density at radius 3 is 2.33 bits per heavy atom. The van der Waals surface area contributed by atoms with Crippen LogP contribution in [0.1, 0.15) is 47.1 Å². The van der Waals surface area contributed by atoms with Crippen LogP contribution in [0.25, 0.3) is 10.2 Å². The number of para-hydroxylation sites is 1. The van der Waals surface area contributed by atoms with Crippen molar-refractivity contribution < 1.29 is 13.2 Å². The molecule has 0 aliphatic heterocycles. The number of rotatable bonds is 12. The normalized spacial score (nSPS) is 11.8. The van der Waals surface area contributed by atoms with Gasteiger partial charge in [0.15, 0.2) is 5.13 Å². The van der Waals surface area contributed by atoms with E-state index in [2.05, 4.69) is 38.2 Å². The van der Waals surface area contributed by atoms with Gasteiger partial charge in [-0.1, -0.05) is 49.5 Å². The third-order valence-corrected chi connectivity index (χ3v) is 9.47. The van der Waals surface area contributed by atoms with Gasteiger partial charge in [0, 0.05) is 30.9 Å². The van der Waals surface area contributed by atoms with Gasteiger partial charge in [0.1, 0.15) is 0 Å². The van der Waals surface area contributed by atoms with Crippen molar-refractivity contribution in [1.29, 1.82) is 0 Å². The summed E-state index contributed by atoms with van der Waals surface area (Å²) in [5.41, 5.74) is 4.32. The van der Waals surface area contributed by atoms with E-state index in [1.54, 1.807) is 17.0 Å². The maximum Gasteiger partial charge on any atom is 0.260 e. The second-order valence-electron chi connectivity index (χ2n) is 9.88. The van der Waals surface area contributed by atoms with E-state index in [-0.39, 0.29) is 29.8 Å². The van der Waals surface area contributed by atoms with Crippen LogP contribution in [0.15, 0.2) is 78.7 Å². The standard InChI is InChI=1S/C30H35N5O3S2/c1-7-16-33(17-8-2)40(37,38)25-14-12-24(13-15-25)29(36)34(18-19-35-23(6)20-22(5)32-35)30-31-28-26(21(3)4)10-9-11-27(28)39-30/h7-15,20-21H,1-2,16-19H2,3-6H3. The van der Waals surface area contributed by atoms with E-state index in [9.17, 15) is 13.2 Å². The average Bonchev–Trinajstić information content (AvgIpc) is 3.50. The van der Waals surface area contributed by atoms with Gasteiger partial charge >= 0.3 is 0 Å². The minimum absolute atomic E-state index is 0.100. The van der Waals surface area contributed by atoms with E-state index in [4.69, 9.17) is 4.98 Å². The van der Waals surface area contributed by atoms with Gasteiger partial charge in [0.05, 0.1) is 27.4 Å². The second-order valence-corrected chi connectivity index (χ2v) is 12.8. The minimum Gasteiger partial charge on any atom is -0.282 e. The molecule has 0 bridgehead atoms. The molecule has 0 aliphatic carbocycles. The summed E-state index contributed by atoms with van der Waals surface area (Å²) in [5, 5.41) is 5.14. The molecule has 0 atom stereocenters. The van der Waals surface area contributed by atoms with Crippen LogP contribution < -0.4 is 4.90 Å². The molecular weight excluding hydrogens is 542 g/mol. The number of carbonyl (C=O) groups excluding carboxylic acids is 1. The number of thiazole rings is 1. The molecule has 4 rings (SSSR count). The molecule has 0 unspecified atom stereocenters. The highest BCUT2D eigenvalue weighted by molar-refractivity contribution is 7.89. The zero-order chi connectivity index (χ0) is 29.0. The molecule has 0 fully saturated rings. The third kappa shape index (κ3) is 6.09. The number of anilines is 1. The van der Waals surface area contributed by atoms with Crippen molar-refractivity contribution in [1.82, 2.24) is 19.1 Å². The molecule has 8 nitrogen and oxygen atoms in total. The Hall–Kier alpha value is -3.60. The number of aryl methyl sites for hydroxylation is 2. The molecule has 40 heavy (non-hydrogen) atoms. The van der Waals surface area contributed by atoms with E-state index < -0.39 is 10.0 Å². The van der Waals surface area contributed by atoms with Gasteiger partial charge in [-0.3, -0.25) is 14.4 Å². The van der Waals surface area contributed by atoms with Crippen LogP contribution in [0, 0.1) is 13.8 Å². The Labute approximate surface area is 240 Å². The predicted octanol–water partition coefficient (Wildman–Crippen LogP) is 5.94. The zero-order valence-corrected chi connectivity index (χ0v) is 25.0. The highest BCUT2D eigenvalue weighted by atomic mass is 32.2. The molecule has 10 heteroatoms. The molecule has 0 aliphatic rings. The summed E-state index contributed by atoms with van der Waals surface area (Å²) in [6, 6.07) is 14.1. The summed E-state index contributed by atoms with van der Waals surface area (Å²) in [6.07, 6.45) is 3.06. The molecule has 0 radical (unpaired) electrons. The number of carbonyl (C=O) groups is 1. The van der Waals surface area contributed by atoms with Crippen LogP contribution in [0.5, 0.6) is 0 Å². The van der Waals surface area contributed by atoms with E-state index in [0.29, 0.717) is 23.8 Å². The van der Waals surface area contributed by atoms with E-state index in [0.717, 1.165) is 27.2 Å². The quantitative estimate of drug-likeness (QED) is 0.194. The van der Waals surface area contributed by atoms with Crippen molar-refractivity contribution in [2.45, 2.75) is 45.1 Å². The number of fused-ring (bicyclic) bond motifs is 1. The van der Waals surface area contributed by atoms with Crippen molar-refractivity contribution in [3.05, 3.63) is 96.4 Å². The van der Waals surface area contributed by atoms with Crippen LogP contribution in [0.2, 0.25) is 0 Å². The van der Waals surface area contributed by atoms with Crippen molar-refractivity contribution in [3.8, 4) is 0 Å². The molecule has 210 valence electrons. The molecule has 0 saturated carbocycles. The van der Waals surface area contributed by atoms with E-state index in [1.165, 1.54) is 39.9 Å². The number of hydrogen-bond acceptors (Lipinski definition) is 6. The van der Waals surface area contributed by atoms with Gasteiger partial charge in [0.2, 0.25) is 10.0 Å². The molecule has 2 aromatic heterocycles. The van der Waals surface area contributed by atoms with E-state index in [1.807, 2.05) is 36.7 Å². The lowest BCUT2D eigenvalue weighted by Crippen LogP contribution is -2.34. The number of sulfonamides is 1. The van der Waals surface area contributed by atoms with Gasteiger partial charge in [-0.2, -0.15) is 9.40 Å². The number of benzene rings is 2. The number of nitrogens with zero attached hydrogens (tertiary/aromatic N) is 5. The van der Waals surface area contributed by atoms with Crippen LogP contribution in [-0.2, 0) is 16.6 Å². The highest BCUT2D eigenvalue weighted by Gasteiger charge is 2.26. The Bertz CT molecular complexity index is 1630. The monoisotopic (exact) mass is 577 g/mol. The molecule has 2 aromatic carbocycles. The maximum absolute atomic E-state index is 13.9. The van der Waals surface area contributed by atoms with Crippen LogP contribution in [-0.4, -0.2) is 53.0 Å². The average molecular weight is 578 g/mol. The molecule has 4 aromatic rings. The fourth-order valence-corrected chi connectivity index (χ4v) is 6.96. The maximum atomic E-state index is 13.9. The molecule has 0 saturated heterocycles. The first kappa shape index (κ1) is 29.4. The van der Waals surface area contributed by atoms with Crippen molar-refractivity contribution >= 4 is 42.6 Å². The van der Waals surface area contributed by atoms with Crippen LogP contribution in [0.3, 0.4) is 0 Å². The Balaban J connectivity index is 1.70. The highest BCUT2D eigenvalue weighted by Crippen LogP contribution is 2.34. The predicted molar refractivity (Wildman–Crippen MR) is 163 cm³/mol. The number of amides is 1. The summed E-state index contributed by atoms with van der Waals surface area (Å²) in [4.78, 5) is 20.6. The lowest BCUT2D eigenvalue weighted by atomic mass is 10.0. The SMILES string of the molecule is C=CCN(CC=C)S(=O)(=O)c1ccc(C(=O)N(CCn2nc(C)cc2C)c2nc3c(C(C)C)cccc3s2)cc1. The van der Waals surface area contributed by atoms with Gasteiger partial charge in [-0.05, 0) is 61.7 Å². The topological polar surface area (TPSA) is 88.4 Å². The lowest BCUT2D eigenvalue weighted by Gasteiger charge is -2.21. The fourth-order valence-electron chi connectivity index (χ4n) is 4.55. The summed E-state index contributed by atoms with van der Waals surface area (Å²) in [7, 11) is -3.78. The van der Waals surface area contributed by atoms with Crippen LogP contribution >= 0.6 is 11.3 Å². The lowest BCUT2D eigenvalue weighted by molar-refractivity contribution is 0.0985. The number of hydrogen-bond donors (Lipinski definition) is 0. The van der Waals surface area contributed by atoms with Gasteiger partial charge in [0.25, 0.3) is 5.91 Å². The molecular formula is C30H35N5O3S2. The smallest absolute Gasteiger partial charge is 0.260 e. The summed E-state index contributed by atoms with van der Waals surface area (Å²) < 4.78 is 30.5. The Kier molecular flexibility index (Phi) is 9.02. The van der Waals surface area contributed by atoms with Gasteiger partial charge in [-0.15, -0.1) is 13.2 Å². The Morgan fingerprint density at radius 2 is 1.75 bits per heavy atom. The molecule has 0 N–H and O–H groups in total. The summed E-state index contributed by atoms with van der Waals surface area (Å²) >= 11 is 1.47. The van der Waals surface area contributed by atoms with Crippen LogP contribution in [0.4, 0.5) is 5.13 Å². The first-order valence-corrected chi connectivity index (χ1v) is 15.4. The first-order valence-electron chi connectivity index (χ1n) is 13.1. The summed E-state index contributed by atoms with van der Waals surface area (Å²) in [6.45, 7) is 16.6. The van der Waals surface area contributed by atoms with E-state index >= 15 is 0 Å². The van der Waals surface area contributed by atoms with Gasteiger partial charge in [-0.25, -0.2) is 13.4 Å². The fraction of sp³-hybridized carbons (Fsp3) is 0.300. The van der Waals surface area contributed by atoms with Crippen molar-refractivity contribution in [2.75, 3.05) is 24.5 Å². The molecule has 0 spiro atoms. The number of aromatic nitrogens is 3. The van der Waals surface area contributed by atoms with Gasteiger partial charge < -0.3 is 0 Å². The third-order valence-electron chi connectivity index (χ3n) is 6.58. The molecule has 1 amide bonds. The summed E-state index contributed by atoms with van der Waals surface area (Å²) in [5.74, 6) is 0.0263. The zero-order valence-electron chi connectivity index (χ0n) is 23.4. The van der Waals surface area contributed by atoms with Crippen molar-refractivity contribution in [3.63, 3.8) is 0 Å². The molecule has 2 heterocycles. The Morgan fingerprint density at radius 1 is 1.07 bits per heavy atom. The largest absolute Gasteiger partial charge is 0.282 e. The minimum atomic E-state index is -3.78.